The van der Waals surface area contributed by atoms with E-state index in [1.54, 1.807) is 31.4 Å². The third kappa shape index (κ3) is 6.90. The first-order chi connectivity index (χ1) is 19.2. The number of amides is 2. The molecule has 4 aromatic rings. The number of nitrogens with zero attached hydrogens (tertiary/aromatic N) is 3. The van der Waals surface area contributed by atoms with E-state index in [1.165, 1.54) is 10.5 Å². The standard InChI is InChI=1S/C32H35ClN4O3/c1-21(2)18-36(31(39)27-8-6-7-9-28(27)33)20-30(38)35-32-34-29(24-12-16-26(40-5)17-13-24)19-37(32)25-14-10-23(11-15-25)22(3)4/h6-17,19,21-22H,18,20H2,1-5H3,(H,34,35,38). The second-order valence-electron chi connectivity index (χ2n) is 10.4. The zero-order valence-corrected chi connectivity index (χ0v) is 24.3. The van der Waals surface area contributed by atoms with Crippen molar-refractivity contribution in [2.45, 2.75) is 33.6 Å². The van der Waals surface area contributed by atoms with Gasteiger partial charge in [-0.2, -0.15) is 0 Å². The number of ether oxygens (including phenoxy) is 1. The molecule has 8 heteroatoms. The molecular weight excluding hydrogens is 524 g/mol. The van der Waals surface area contributed by atoms with Gasteiger partial charge in [0, 0.05) is 24.0 Å². The molecule has 0 bridgehead atoms. The van der Waals surface area contributed by atoms with Crippen molar-refractivity contribution in [1.82, 2.24) is 14.5 Å². The van der Waals surface area contributed by atoms with Crippen LogP contribution in [0.4, 0.5) is 5.95 Å². The molecule has 1 N–H and O–H groups in total. The lowest BCUT2D eigenvalue weighted by Gasteiger charge is -2.24. The van der Waals surface area contributed by atoms with Gasteiger partial charge in [-0.05, 0) is 65.9 Å². The number of methoxy groups -OCH3 is 1. The molecular formula is C32H35ClN4O3. The van der Waals surface area contributed by atoms with Crippen molar-refractivity contribution in [3.8, 4) is 22.7 Å². The zero-order valence-electron chi connectivity index (χ0n) is 23.5. The molecule has 1 aromatic heterocycles. The molecule has 1 heterocycles. The molecule has 4 rings (SSSR count). The van der Waals surface area contributed by atoms with Crippen molar-refractivity contribution >= 4 is 29.4 Å². The number of halogens is 1. The van der Waals surface area contributed by atoms with E-state index in [9.17, 15) is 9.59 Å². The molecule has 0 radical (unpaired) electrons. The van der Waals surface area contributed by atoms with Gasteiger partial charge in [-0.1, -0.05) is 63.6 Å². The minimum atomic E-state index is -0.354. The van der Waals surface area contributed by atoms with E-state index in [-0.39, 0.29) is 24.3 Å². The van der Waals surface area contributed by atoms with Gasteiger partial charge < -0.3 is 9.64 Å². The van der Waals surface area contributed by atoms with E-state index in [0.717, 1.165) is 17.0 Å². The fraction of sp³-hybridized carbons (Fsp3) is 0.281. The molecule has 0 aliphatic rings. The summed E-state index contributed by atoms with van der Waals surface area (Å²) in [5.74, 6) is 1.02. The van der Waals surface area contributed by atoms with Crippen molar-refractivity contribution in [3.63, 3.8) is 0 Å². The van der Waals surface area contributed by atoms with E-state index in [4.69, 9.17) is 21.3 Å². The first-order valence-corrected chi connectivity index (χ1v) is 13.7. The summed E-state index contributed by atoms with van der Waals surface area (Å²) in [5, 5.41) is 3.30. The van der Waals surface area contributed by atoms with Crippen LogP contribution in [0.5, 0.6) is 5.75 Å². The van der Waals surface area contributed by atoms with Crippen molar-refractivity contribution in [3.05, 3.63) is 95.1 Å². The van der Waals surface area contributed by atoms with E-state index in [1.807, 2.05) is 61.0 Å². The first-order valence-electron chi connectivity index (χ1n) is 13.3. The highest BCUT2D eigenvalue weighted by Gasteiger charge is 2.23. The number of hydrogen-bond donors (Lipinski definition) is 1. The normalized spacial score (nSPS) is 11.1. The maximum absolute atomic E-state index is 13.4. The first kappa shape index (κ1) is 28.9. The lowest BCUT2D eigenvalue weighted by molar-refractivity contribution is -0.117. The van der Waals surface area contributed by atoms with Gasteiger partial charge in [0.25, 0.3) is 5.91 Å². The molecule has 2 amide bonds. The average molecular weight is 559 g/mol. The van der Waals surface area contributed by atoms with Gasteiger partial charge in [-0.25, -0.2) is 4.98 Å². The monoisotopic (exact) mass is 558 g/mol. The summed E-state index contributed by atoms with van der Waals surface area (Å²) in [6.07, 6.45) is 1.89. The summed E-state index contributed by atoms with van der Waals surface area (Å²) >= 11 is 6.30. The molecule has 0 saturated carbocycles. The molecule has 0 aliphatic carbocycles. The maximum Gasteiger partial charge on any atom is 0.255 e. The van der Waals surface area contributed by atoms with Gasteiger partial charge in [0.05, 0.1) is 23.4 Å². The van der Waals surface area contributed by atoms with Crippen LogP contribution in [-0.4, -0.2) is 46.5 Å². The van der Waals surface area contributed by atoms with E-state index in [2.05, 4.69) is 31.3 Å². The van der Waals surface area contributed by atoms with Crippen molar-refractivity contribution in [2.24, 2.45) is 5.92 Å². The summed E-state index contributed by atoms with van der Waals surface area (Å²) in [5.41, 5.74) is 4.01. The Balaban J connectivity index is 1.64. The van der Waals surface area contributed by atoms with Crippen LogP contribution in [-0.2, 0) is 4.79 Å². The molecule has 0 spiro atoms. The van der Waals surface area contributed by atoms with Gasteiger partial charge in [0.15, 0.2) is 0 Å². The van der Waals surface area contributed by atoms with Crippen LogP contribution in [0.3, 0.4) is 0 Å². The molecule has 0 saturated heterocycles. The lowest BCUT2D eigenvalue weighted by atomic mass is 10.0. The summed E-state index contributed by atoms with van der Waals surface area (Å²) in [6, 6.07) is 22.6. The summed E-state index contributed by atoms with van der Waals surface area (Å²) in [6.45, 7) is 8.55. The Morgan fingerprint density at radius 1 is 0.975 bits per heavy atom. The third-order valence-electron chi connectivity index (χ3n) is 6.49. The summed E-state index contributed by atoms with van der Waals surface area (Å²) < 4.78 is 7.14. The molecule has 7 nitrogen and oxygen atoms in total. The Hall–Kier alpha value is -4.10. The predicted octanol–water partition coefficient (Wildman–Crippen LogP) is 7.06. The predicted molar refractivity (Wildman–Crippen MR) is 160 cm³/mol. The van der Waals surface area contributed by atoms with Crippen LogP contribution in [0.15, 0.2) is 79.0 Å². The molecule has 0 fully saturated rings. The number of benzene rings is 3. The van der Waals surface area contributed by atoms with Gasteiger partial charge >= 0.3 is 0 Å². The highest BCUT2D eigenvalue weighted by atomic mass is 35.5. The van der Waals surface area contributed by atoms with Crippen molar-refractivity contribution in [2.75, 3.05) is 25.5 Å². The second kappa shape index (κ2) is 12.8. The highest BCUT2D eigenvalue weighted by molar-refractivity contribution is 6.33. The topological polar surface area (TPSA) is 76.5 Å². The van der Waals surface area contributed by atoms with Gasteiger partial charge in [-0.15, -0.1) is 0 Å². The lowest BCUT2D eigenvalue weighted by Crippen LogP contribution is -2.40. The van der Waals surface area contributed by atoms with Crippen LogP contribution in [0, 0.1) is 5.92 Å². The number of nitrogens with one attached hydrogen (secondary N) is 1. The minimum absolute atomic E-state index is 0.140. The Morgan fingerprint density at radius 3 is 2.25 bits per heavy atom. The molecule has 0 unspecified atom stereocenters. The largest absolute Gasteiger partial charge is 0.497 e. The molecule has 0 atom stereocenters. The summed E-state index contributed by atoms with van der Waals surface area (Å²) in [4.78, 5) is 33.0. The van der Waals surface area contributed by atoms with Crippen LogP contribution in [0.25, 0.3) is 16.9 Å². The van der Waals surface area contributed by atoms with Crippen LogP contribution in [0.1, 0.15) is 49.5 Å². The van der Waals surface area contributed by atoms with Gasteiger partial charge in [0.1, 0.15) is 12.3 Å². The van der Waals surface area contributed by atoms with E-state index in [0.29, 0.717) is 34.7 Å². The second-order valence-corrected chi connectivity index (χ2v) is 10.8. The molecule has 40 heavy (non-hydrogen) atoms. The highest BCUT2D eigenvalue weighted by Crippen LogP contribution is 2.27. The Kier molecular flexibility index (Phi) is 9.27. The van der Waals surface area contributed by atoms with Crippen molar-refractivity contribution < 1.29 is 14.3 Å². The Morgan fingerprint density at radius 2 is 1.65 bits per heavy atom. The van der Waals surface area contributed by atoms with Gasteiger partial charge in [0.2, 0.25) is 11.9 Å². The quantitative estimate of drug-likeness (QED) is 0.226. The third-order valence-corrected chi connectivity index (χ3v) is 6.82. The molecule has 3 aromatic carbocycles. The zero-order chi connectivity index (χ0) is 28.8. The maximum atomic E-state index is 13.4. The van der Waals surface area contributed by atoms with Crippen molar-refractivity contribution in [1.29, 1.82) is 0 Å². The Labute approximate surface area is 240 Å². The number of carbonyl (C=O) groups is 2. The van der Waals surface area contributed by atoms with Gasteiger partial charge in [-0.3, -0.25) is 19.5 Å². The fourth-order valence-corrected chi connectivity index (χ4v) is 4.61. The fourth-order valence-electron chi connectivity index (χ4n) is 4.39. The molecule has 0 aliphatic heterocycles. The number of imidazole rings is 1. The SMILES string of the molecule is COc1ccc(-c2cn(-c3ccc(C(C)C)cc3)c(NC(=O)CN(CC(C)C)C(=O)c3ccccc3Cl)n2)cc1. The van der Waals surface area contributed by atoms with Crippen LogP contribution < -0.4 is 10.1 Å². The number of carbonyl (C=O) groups excluding carboxylic acids is 2. The number of hydrogen-bond acceptors (Lipinski definition) is 4. The van der Waals surface area contributed by atoms with E-state index >= 15 is 0 Å². The van der Waals surface area contributed by atoms with Crippen LogP contribution in [0.2, 0.25) is 5.02 Å². The smallest absolute Gasteiger partial charge is 0.255 e. The number of aromatic nitrogens is 2. The average Bonchev–Trinajstić information content (AvgIpc) is 3.35. The number of rotatable bonds is 10. The summed E-state index contributed by atoms with van der Waals surface area (Å²) in [7, 11) is 1.62. The Bertz CT molecular complexity index is 1460. The number of anilines is 1. The molecule has 208 valence electrons. The minimum Gasteiger partial charge on any atom is -0.497 e. The van der Waals surface area contributed by atoms with Crippen LogP contribution >= 0.6 is 11.6 Å². The van der Waals surface area contributed by atoms with E-state index < -0.39 is 0 Å².